The third kappa shape index (κ3) is 1.75. The Bertz CT molecular complexity index is 232. The second-order valence-electron chi connectivity index (χ2n) is 4.00. The van der Waals surface area contributed by atoms with Gasteiger partial charge in [0.05, 0.1) is 6.61 Å². The minimum Gasteiger partial charge on any atom is -0.370 e. The molecule has 0 bridgehead atoms. The van der Waals surface area contributed by atoms with Crippen LogP contribution >= 0.6 is 0 Å². The van der Waals surface area contributed by atoms with Crippen molar-refractivity contribution in [2.45, 2.75) is 44.9 Å². The minimum atomic E-state index is -0.660. The van der Waals surface area contributed by atoms with E-state index in [-0.39, 0.29) is 18.0 Å². The maximum absolute atomic E-state index is 11.2. The largest absolute Gasteiger partial charge is 0.370 e. The monoisotopic (exact) mass is 186 g/mol. The van der Waals surface area contributed by atoms with Crippen LogP contribution in [0, 0.1) is 0 Å². The van der Waals surface area contributed by atoms with Gasteiger partial charge in [0, 0.05) is 0 Å². The van der Waals surface area contributed by atoms with Crippen molar-refractivity contribution in [3.8, 4) is 0 Å². The predicted molar refractivity (Wildman–Crippen MR) is 44.2 cm³/mol. The van der Waals surface area contributed by atoms with E-state index in [2.05, 4.69) is 0 Å². The van der Waals surface area contributed by atoms with Crippen LogP contribution in [0.3, 0.4) is 0 Å². The summed E-state index contributed by atoms with van der Waals surface area (Å²) >= 11 is 0. The fourth-order valence-corrected chi connectivity index (χ4v) is 1.62. The molecular formula is C9H14O4. The number of ether oxygens (including phenoxy) is 3. The van der Waals surface area contributed by atoms with Gasteiger partial charge in [-0.05, 0) is 20.8 Å². The van der Waals surface area contributed by atoms with Gasteiger partial charge in [-0.3, -0.25) is 4.79 Å². The van der Waals surface area contributed by atoms with Crippen LogP contribution in [0.1, 0.15) is 20.8 Å². The molecule has 13 heavy (non-hydrogen) atoms. The van der Waals surface area contributed by atoms with Crippen LogP contribution in [-0.2, 0) is 19.0 Å². The molecule has 0 spiro atoms. The number of carbonyl (C=O) groups excluding carboxylic acids is 1. The van der Waals surface area contributed by atoms with Crippen molar-refractivity contribution in [2.24, 2.45) is 0 Å². The van der Waals surface area contributed by atoms with Crippen molar-refractivity contribution in [1.29, 1.82) is 0 Å². The van der Waals surface area contributed by atoms with Crippen molar-refractivity contribution in [1.82, 2.24) is 0 Å². The average molecular weight is 186 g/mol. The van der Waals surface area contributed by atoms with Crippen LogP contribution in [0.25, 0.3) is 0 Å². The van der Waals surface area contributed by atoms with E-state index in [1.807, 2.05) is 13.8 Å². The fraction of sp³-hybridized carbons (Fsp3) is 0.889. The van der Waals surface area contributed by atoms with E-state index in [0.717, 1.165) is 0 Å². The molecule has 0 aliphatic carbocycles. The van der Waals surface area contributed by atoms with Crippen molar-refractivity contribution in [2.75, 3.05) is 6.61 Å². The number of ketones is 1. The molecule has 0 N–H and O–H groups in total. The van der Waals surface area contributed by atoms with E-state index in [4.69, 9.17) is 14.2 Å². The van der Waals surface area contributed by atoms with Crippen LogP contribution in [-0.4, -0.2) is 36.5 Å². The molecule has 2 saturated heterocycles. The molecule has 2 aliphatic rings. The van der Waals surface area contributed by atoms with Gasteiger partial charge in [0.2, 0.25) is 0 Å². The predicted octanol–water partition coefficient (Wildman–Crippen LogP) is 0.494. The summed E-state index contributed by atoms with van der Waals surface area (Å²) in [6.07, 6.45) is -0.620. The maximum atomic E-state index is 11.2. The van der Waals surface area contributed by atoms with Crippen molar-refractivity contribution >= 4 is 5.78 Å². The average Bonchev–Trinajstić information content (AvgIpc) is 2.75. The van der Waals surface area contributed by atoms with Gasteiger partial charge < -0.3 is 14.2 Å². The van der Waals surface area contributed by atoms with E-state index in [1.54, 1.807) is 0 Å². The summed E-state index contributed by atoms with van der Waals surface area (Å²) in [5, 5.41) is 0. The first-order valence-corrected chi connectivity index (χ1v) is 4.47. The van der Waals surface area contributed by atoms with Crippen LogP contribution in [0.4, 0.5) is 0 Å². The first kappa shape index (κ1) is 9.12. The van der Waals surface area contributed by atoms with Gasteiger partial charge in [0.25, 0.3) is 0 Å². The molecule has 4 heteroatoms. The van der Waals surface area contributed by atoms with E-state index >= 15 is 0 Å². The Morgan fingerprint density at radius 1 is 1.38 bits per heavy atom. The molecule has 0 unspecified atom stereocenters. The van der Waals surface area contributed by atoms with Crippen LogP contribution in [0.15, 0.2) is 0 Å². The fourth-order valence-electron chi connectivity index (χ4n) is 1.62. The Morgan fingerprint density at radius 3 is 2.46 bits per heavy atom. The molecular weight excluding hydrogens is 172 g/mol. The summed E-state index contributed by atoms with van der Waals surface area (Å²) in [6.45, 7) is 5.81. The lowest BCUT2D eigenvalue weighted by atomic mass is 10.1. The highest BCUT2D eigenvalue weighted by atomic mass is 16.8. The molecule has 0 saturated carbocycles. The van der Waals surface area contributed by atoms with E-state index in [0.29, 0.717) is 6.61 Å². The molecule has 0 aromatic rings. The highest BCUT2D eigenvalue weighted by molar-refractivity contribution is 5.81. The SMILES string of the molecule is CC(=O)[C@@H]1OC(C)(C)O[C@@H]1[C@H]1CO1. The number of epoxide rings is 1. The van der Waals surface area contributed by atoms with Gasteiger partial charge in [0.1, 0.15) is 18.3 Å². The normalized spacial score (nSPS) is 41.9. The molecule has 2 rings (SSSR count). The second kappa shape index (κ2) is 2.77. The zero-order valence-corrected chi connectivity index (χ0v) is 8.07. The number of carbonyl (C=O) groups is 1. The smallest absolute Gasteiger partial charge is 0.164 e. The Labute approximate surface area is 77.1 Å². The molecule has 4 nitrogen and oxygen atoms in total. The van der Waals surface area contributed by atoms with Gasteiger partial charge in [0.15, 0.2) is 11.6 Å². The summed E-state index contributed by atoms with van der Waals surface area (Å²) in [5.41, 5.74) is 0. The summed E-state index contributed by atoms with van der Waals surface area (Å²) in [6, 6.07) is 0. The molecule has 74 valence electrons. The van der Waals surface area contributed by atoms with Crippen LogP contribution in [0.5, 0.6) is 0 Å². The van der Waals surface area contributed by atoms with Crippen LogP contribution < -0.4 is 0 Å². The summed E-state index contributed by atoms with van der Waals surface area (Å²) in [5.74, 6) is -0.654. The minimum absolute atomic E-state index is 0.00563. The Balaban J connectivity index is 2.11. The number of hydrogen-bond donors (Lipinski definition) is 0. The molecule has 0 radical (unpaired) electrons. The van der Waals surface area contributed by atoms with Crippen molar-refractivity contribution in [3.63, 3.8) is 0 Å². The van der Waals surface area contributed by atoms with E-state index in [1.165, 1.54) is 6.92 Å². The number of rotatable bonds is 2. The number of Topliss-reactive ketones (excluding diaryl/α,β-unsaturated/α-hetero) is 1. The Morgan fingerprint density at radius 2 is 2.00 bits per heavy atom. The lowest BCUT2D eigenvalue weighted by Gasteiger charge is -2.15. The van der Waals surface area contributed by atoms with Gasteiger partial charge in [-0.1, -0.05) is 0 Å². The highest BCUT2D eigenvalue weighted by Crippen LogP contribution is 2.34. The Kier molecular flexibility index (Phi) is 1.94. The van der Waals surface area contributed by atoms with E-state index < -0.39 is 11.9 Å². The molecule has 0 aromatic carbocycles. The van der Waals surface area contributed by atoms with Crippen LogP contribution in [0.2, 0.25) is 0 Å². The Hall–Kier alpha value is -0.450. The molecule has 2 aliphatic heterocycles. The third-order valence-corrected chi connectivity index (χ3v) is 2.26. The molecule has 0 amide bonds. The molecule has 3 atom stereocenters. The van der Waals surface area contributed by atoms with E-state index in [9.17, 15) is 4.79 Å². The van der Waals surface area contributed by atoms with Gasteiger partial charge >= 0.3 is 0 Å². The van der Waals surface area contributed by atoms with Gasteiger partial charge in [-0.15, -0.1) is 0 Å². The summed E-state index contributed by atoms with van der Waals surface area (Å²) in [7, 11) is 0. The summed E-state index contributed by atoms with van der Waals surface area (Å²) < 4.78 is 16.2. The van der Waals surface area contributed by atoms with Crippen molar-refractivity contribution in [3.05, 3.63) is 0 Å². The zero-order valence-electron chi connectivity index (χ0n) is 8.07. The topological polar surface area (TPSA) is 48.1 Å². The van der Waals surface area contributed by atoms with Gasteiger partial charge in [-0.25, -0.2) is 0 Å². The summed E-state index contributed by atoms with van der Waals surface area (Å²) in [4.78, 5) is 11.2. The molecule has 2 fully saturated rings. The quantitative estimate of drug-likeness (QED) is 0.589. The first-order chi connectivity index (χ1) is 5.99. The lowest BCUT2D eigenvalue weighted by molar-refractivity contribution is -0.154. The second-order valence-corrected chi connectivity index (χ2v) is 4.00. The lowest BCUT2D eigenvalue weighted by Crippen LogP contribution is -2.33. The van der Waals surface area contributed by atoms with Gasteiger partial charge in [-0.2, -0.15) is 0 Å². The third-order valence-electron chi connectivity index (χ3n) is 2.26. The highest BCUT2D eigenvalue weighted by Gasteiger charge is 2.51. The zero-order chi connectivity index (χ0) is 9.64. The maximum Gasteiger partial charge on any atom is 0.164 e. The molecule has 0 aromatic heterocycles. The molecule has 2 heterocycles. The number of hydrogen-bond acceptors (Lipinski definition) is 4. The first-order valence-electron chi connectivity index (χ1n) is 4.47. The van der Waals surface area contributed by atoms with Crippen molar-refractivity contribution < 1.29 is 19.0 Å². The standard InChI is InChI=1S/C9H14O4/c1-5(10)7-8(6-4-11-6)13-9(2,3)12-7/h6-8H,4H2,1-3H3/t6-,7+,8-/m1/s1.